The van der Waals surface area contributed by atoms with Gasteiger partial charge in [-0.3, -0.25) is 4.98 Å². The van der Waals surface area contributed by atoms with Gasteiger partial charge in [-0.2, -0.15) is 0 Å². The molecule has 0 saturated carbocycles. The highest BCUT2D eigenvalue weighted by Gasteiger charge is 2.09. The predicted molar refractivity (Wildman–Crippen MR) is 58.2 cm³/mol. The van der Waals surface area contributed by atoms with Gasteiger partial charge in [0.05, 0.1) is 11.9 Å². The summed E-state index contributed by atoms with van der Waals surface area (Å²) >= 11 is 0. The summed E-state index contributed by atoms with van der Waals surface area (Å²) in [5, 5.41) is 0. The fourth-order valence-electron chi connectivity index (χ4n) is 1.15. The summed E-state index contributed by atoms with van der Waals surface area (Å²) in [5.74, 6) is -0.00595. The number of rotatable bonds is 2. The lowest BCUT2D eigenvalue weighted by Crippen LogP contribution is -2.11. The Morgan fingerprint density at radius 3 is 2.50 bits per heavy atom. The maximum Gasteiger partial charge on any atom is 0.363 e. The number of hydrogen-bond acceptors (Lipinski definition) is 4. The average molecular weight is 214 g/mol. The Balaban J connectivity index is 2.12. The van der Waals surface area contributed by atoms with E-state index >= 15 is 0 Å². The van der Waals surface area contributed by atoms with Crippen LogP contribution < -0.4 is 4.74 Å². The van der Waals surface area contributed by atoms with E-state index in [-0.39, 0.29) is 5.69 Å². The van der Waals surface area contributed by atoms with Crippen LogP contribution in [0.2, 0.25) is 0 Å². The predicted octanol–water partition coefficient (Wildman–Crippen LogP) is 2.00. The Morgan fingerprint density at radius 2 is 1.88 bits per heavy atom. The Hall–Kier alpha value is -2.23. The third kappa shape index (κ3) is 2.42. The van der Waals surface area contributed by atoms with E-state index in [1.54, 1.807) is 31.2 Å². The number of hydrogen-bond donors (Lipinski definition) is 0. The minimum Gasteiger partial charge on any atom is -0.422 e. The number of aryl methyl sites for hydroxylation is 1. The van der Waals surface area contributed by atoms with Crippen LogP contribution in [0, 0.1) is 6.92 Å². The molecule has 0 aliphatic rings. The van der Waals surface area contributed by atoms with Gasteiger partial charge in [0.15, 0.2) is 5.69 Å². The van der Waals surface area contributed by atoms with Gasteiger partial charge in [-0.25, -0.2) is 9.78 Å². The van der Waals surface area contributed by atoms with E-state index in [0.29, 0.717) is 5.75 Å². The first-order chi connectivity index (χ1) is 7.75. The molecule has 2 rings (SSSR count). The molecule has 1 aromatic heterocycles. The van der Waals surface area contributed by atoms with Gasteiger partial charge in [0.2, 0.25) is 0 Å². The van der Waals surface area contributed by atoms with E-state index in [1.807, 2.05) is 6.07 Å². The van der Waals surface area contributed by atoms with Crippen LogP contribution in [-0.2, 0) is 0 Å². The average Bonchev–Trinajstić information content (AvgIpc) is 2.31. The van der Waals surface area contributed by atoms with Crippen molar-refractivity contribution >= 4 is 5.97 Å². The third-order valence-corrected chi connectivity index (χ3v) is 1.94. The molecular formula is C12H10N2O2. The molecule has 0 saturated heterocycles. The van der Waals surface area contributed by atoms with Crippen molar-refractivity contribution < 1.29 is 9.53 Å². The number of nitrogens with zero attached hydrogens (tertiary/aromatic N) is 2. The van der Waals surface area contributed by atoms with E-state index in [2.05, 4.69) is 9.97 Å². The Morgan fingerprint density at radius 1 is 1.12 bits per heavy atom. The Labute approximate surface area is 92.9 Å². The summed E-state index contributed by atoms with van der Waals surface area (Å²) in [7, 11) is 0. The van der Waals surface area contributed by atoms with Crippen LogP contribution in [-0.4, -0.2) is 15.9 Å². The van der Waals surface area contributed by atoms with Crippen LogP contribution in [0.15, 0.2) is 42.7 Å². The Bertz CT molecular complexity index is 480. The first-order valence-electron chi connectivity index (χ1n) is 4.81. The molecule has 1 heterocycles. The van der Waals surface area contributed by atoms with Crippen LogP contribution >= 0.6 is 0 Å². The van der Waals surface area contributed by atoms with Crippen LogP contribution in [0.3, 0.4) is 0 Å². The molecule has 0 N–H and O–H groups in total. The number of esters is 1. The van der Waals surface area contributed by atoms with Crippen molar-refractivity contribution in [2.24, 2.45) is 0 Å². The number of carbonyl (C=O) groups is 1. The molecule has 0 atom stereocenters. The first kappa shape index (κ1) is 10.3. The van der Waals surface area contributed by atoms with Crippen LogP contribution in [0.4, 0.5) is 0 Å². The molecule has 4 nitrogen and oxygen atoms in total. The van der Waals surface area contributed by atoms with Crippen molar-refractivity contribution in [2.75, 3.05) is 0 Å². The van der Waals surface area contributed by atoms with Gasteiger partial charge in [-0.05, 0) is 19.1 Å². The fraction of sp³-hybridized carbons (Fsp3) is 0.0833. The van der Waals surface area contributed by atoms with Crippen molar-refractivity contribution in [3.8, 4) is 5.75 Å². The van der Waals surface area contributed by atoms with Gasteiger partial charge in [0.25, 0.3) is 0 Å². The van der Waals surface area contributed by atoms with E-state index < -0.39 is 5.97 Å². The third-order valence-electron chi connectivity index (χ3n) is 1.94. The summed E-state index contributed by atoms with van der Waals surface area (Å²) in [6.45, 7) is 1.80. The lowest BCUT2D eigenvalue weighted by molar-refractivity contribution is 0.0728. The van der Waals surface area contributed by atoms with Crippen LogP contribution in [0.1, 0.15) is 16.2 Å². The van der Waals surface area contributed by atoms with Crippen molar-refractivity contribution in [1.29, 1.82) is 0 Å². The molecule has 80 valence electrons. The smallest absolute Gasteiger partial charge is 0.363 e. The number of aromatic nitrogens is 2. The second-order valence-corrected chi connectivity index (χ2v) is 3.25. The highest BCUT2D eigenvalue weighted by atomic mass is 16.5. The zero-order chi connectivity index (χ0) is 11.4. The van der Waals surface area contributed by atoms with E-state index in [4.69, 9.17) is 4.74 Å². The lowest BCUT2D eigenvalue weighted by Gasteiger charge is -2.02. The zero-order valence-electron chi connectivity index (χ0n) is 8.75. The minimum atomic E-state index is -0.501. The van der Waals surface area contributed by atoms with E-state index in [0.717, 1.165) is 5.69 Å². The maximum absolute atomic E-state index is 11.6. The second kappa shape index (κ2) is 4.53. The first-order valence-corrected chi connectivity index (χ1v) is 4.81. The van der Waals surface area contributed by atoms with Crippen LogP contribution in [0.25, 0.3) is 0 Å². The Kier molecular flexibility index (Phi) is 2.91. The maximum atomic E-state index is 11.6. The quantitative estimate of drug-likeness (QED) is 0.566. The topological polar surface area (TPSA) is 52.1 Å². The standard InChI is InChI=1S/C12H10N2O2/c1-9-7-14-11(8-13-9)12(15)16-10-5-3-2-4-6-10/h2-8H,1H3. The fourth-order valence-corrected chi connectivity index (χ4v) is 1.15. The minimum absolute atomic E-state index is 0.203. The molecular weight excluding hydrogens is 204 g/mol. The molecule has 2 aromatic rings. The number of carbonyl (C=O) groups excluding carboxylic acids is 1. The highest BCUT2D eigenvalue weighted by Crippen LogP contribution is 2.10. The van der Waals surface area contributed by atoms with Crippen molar-refractivity contribution in [3.05, 3.63) is 54.1 Å². The molecule has 0 unspecified atom stereocenters. The second-order valence-electron chi connectivity index (χ2n) is 3.25. The lowest BCUT2D eigenvalue weighted by atomic mass is 10.3. The molecule has 16 heavy (non-hydrogen) atoms. The summed E-state index contributed by atoms with van der Waals surface area (Å²) in [6.07, 6.45) is 2.93. The SMILES string of the molecule is Cc1cnc(C(=O)Oc2ccccc2)cn1. The molecule has 0 amide bonds. The molecule has 0 aliphatic carbocycles. The van der Waals surface area contributed by atoms with Gasteiger partial charge in [0, 0.05) is 6.20 Å². The molecule has 0 radical (unpaired) electrons. The number of ether oxygens (including phenoxy) is 1. The van der Waals surface area contributed by atoms with Crippen molar-refractivity contribution in [2.45, 2.75) is 6.92 Å². The van der Waals surface area contributed by atoms with Crippen LogP contribution in [0.5, 0.6) is 5.75 Å². The normalized spacial score (nSPS) is 9.81. The molecule has 1 aromatic carbocycles. The monoisotopic (exact) mass is 214 g/mol. The van der Waals surface area contributed by atoms with Gasteiger partial charge in [-0.15, -0.1) is 0 Å². The van der Waals surface area contributed by atoms with Gasteiger partial charge in [0.1, 0.15) is 5.75 Å². The molecule has 0 fully saturated rings. The van der Waals surface area contributed by atoms with E-state index in [9.17, 15) is 4.79 Å². The van der Waals surface area contributed by atoms with Crippen molar-refractivity contribution in [3.63, 3.8) is 0 Å². The summed E-state index contributed by atoms with van der Waals surface area (Å²) in [6, 6.07) is 8.86. The molecule has 0 aliphatic heterocycles. The van der Waals surface area contributed by atoms with Crippen molar-refractivity contribution in [1.82, 2.24) is 9.97 Å². The molecule has 0 spiro atoms. The van der Waals surface area contributed by atoms with E-state index in [1.165, 1.54) is 12.4 Å². The molecule has 0 bridgehead atoms. The van der Waals surface area contributed by atoms with Gasteiger partial charge < -0.3 is 4.74 Å². The summed E-state index contributed by atoms with van der Waals surface area (Å²) < 4.78 is 5.10. The van der Waals surface area contributed by atoms with Gasteiger partial charge >= 0.3 is 5.97 Å². The highest BCUT2D eigenvalue weighted by molar-refractivity contribution is 5.88. The largest absolute Gasteiger partial charge is 0.422 e. The van der Waals surface area contributed by atoms with Gasteiger partial charge in [-0.1, -0.05) is 18.2 Å². The zero-order valence-corrected chi connectivity index (χ0v) is 8.75. The number of para-hydroxylation sites is 1. The molecule has 4 heteroatoms. The summed E-state index contributed by atoms with van der Waals surface area (Å²) in [4.78, 5) is 19.5. The summed E-state index contributed by atoms with van der Waals surface area (Å²) in [5.41, 5.74) is 0.964. The number of benzene rings is 1.